The second-order valence-corrected chi connectivity index (χ2v) is 18.8. The SMILES string of the molecule is C=CC.CC1(c2cccc(-c3ccccc3)c2)CC2(c3cccc(-c4ccccc4)c3)CC(C)(c3cccc(-c4ccccc4)c3)CC(c3cccc(-c4ccccc4)c3)(C1)C2. The maximum atomic E-state index is 3.36. The number of benzene rings is 8. The van der Waals surface area contributed by atoms with Gasteiger partial charge < -0.3 is 0 Å². The van der Waals surface area contributed by atoms with Crippen molar-refractivity contribution in [2.45, 2.75) is 74.5 Å². The highest BCUT2D eigenvalue weighted by atomic mass is 14.6. The van der Waals surface area contributed by atoms with Crippen LogP contribution >= 0.6 is 0 Å². The Balaban J connectivity index is 0.00000159. The fourth-order valence-corrected chi connectivity index (χ4v) is 11.9. The molecule has 10 rings (SSSR count). The molecule has 0 N–H and O–H groups in total. The van der Waals surface area contributed by atoms with E-state index in [2.05, 4.69) is 239 Å². The predicted molar refractivity (Wildman–Crippen MR) is 265 cm³/mol. The van der Waals surface area contributed by atoms with Gasteiger partial charge in [-0.1, -0.05) is 238 Å². The smallest absolute Gasteiger partial charge is 0.00215 e. The molecule has 0 heterocycles. The van der Waals surface area contributed by atoms with Crippen LogP contribution in [0.4, 0.5) is 0 Å². The van der Waals surface area contributed by atoms with Crippen LogP contribution in [-0.2, 0) is 21.7 Å². The molecule has 0 heteroatoms. The van der Waals surface area contributed by atoms with Crippen LogP contribution in [-0.4, -0.2) is 0 Å². The second kappa shape index (κ2) is 17.1. The molecule has 0 atom stereocenters. The highest BCUT2D eigenvalue weighted by Crippen LogP contribution is 2.67. The minimum Gasteiger partial charge on any atom is -0.103 e. The fraction of sp³-hybridized carbons (Fsp3) is 0.194. The van der Waals surface area contributed by atoms with Crippen molar-refractivity contribution in [3.05, 3.63) is 253 Å². The minimum absolute atomic E-state index is 0.0955. The van der Waals surface area contributed by atoms with Gasteiger partial charge >= 0.3 is 0 Å². The summed E-state index contributed by atoms with van der Waals surface area (Å²) in [4.78, 5) is 0. The van der Waals surface area contributed by atoms with Crippen molar-refractivity contribution in [3.63, 3.8) is 0 Å². The molecule has 0 saturated heterocycles. The largest absolute Gasteiger partial charge is 0.103 e. The minimum atomic E-state index is -0.112. The standard InChI is InChI=1S/C59H52.C3H6/c1-56(52-31-15-27-48(35-52)44-19-7-3-8-20-44)39-58(54-33-17-29-50(37-54)46-23-11-5-12-24-46)41-57(2,53-32-16-28-49(36-53)45-21-9-4-10-22-45)42-59(40-56,43-58)55-34-18-30-51(38-55)47-25-13-6-14-26-47;1-3-2/h3-38H,39-43H2,1-2H3;3H,1H2,2H3. The van der Waals surface area contributed by atoms with E-state index in [4.69, 9.17) is 0 Å². The van der Waals surface area contributed by atoms with Gasteiger partial charge in [0.2, 0.25) is 0 Å². The number of hydrogen-bond donors (Lipinski definition) is 0. The van der Waals surface area contributed by atoms with E-state index >= 15 is 0 Å². The number of rotatable bonds is 8. The molecule has 62 heavy (non-hydrogen) atoms. The molecule has 306 valence electrons. The summed E-state index contributed by atoms with van der Waals surface area (Å²) in [7, 11) is 0. The third-order valence-electron chi connectivity index (χ3n) is 14.1. The topological polar surface area (TPSA) is 0 Å². The average Bonchev–Trinajstić information content (AvgIpc) is 3.33. The average molecular weight is 803 g/mol. The van der Waals surface area contributed by atoms with Crippen molar-refractivity contribution in [1.29, 1.82) is 0 Å². The molecule has 0 radical (unpaired) electrons. The summed E-state index contributed by atoms with van der Waals surface area (Å²) < 4.78 is 0. The van der Waals surface area contributed by atoms with Crippen LogP contribution in [0, 0.1) is 0 Å². The molecular formula is C62H58. The molecule has 0 spiro atoms. The Bertz CT molecular complexity index is 2550. The van der Waals surface area contributed by atoms with Gasteiger partial charge in [-0.25, -0.2) is 0 Å². The third kappa shape index (κ3) is 8.03. The van der Waals surface area contributed by atoms with Crippen LogP contribution < -0.4 is 0 Å². The van der Waals surface area contributed by atoms with Gasteiger partial charge in [-0.2, -0.15) is 0 Å². The van der Waals surface area contributed by atoms with Crippen molar-refractivity contribution in [1.82, 2.24) is 0 Å². The Morgan fingerprint density at radius 1 is 0.306 bits per heavy atom. The van der Waals surface area contributed by atoms with Gasteiger partial charge in [0.25, 0.3) is 0 Å². The van der Waals surface area contributed by atoms with E-state index in [1.807, 2.05) is 6.92 Å². The quantitative estimate of drug-likeness (QED) is 0.134. The molecule has 0 aromatic heterocycles. The molecular weight excluding hydrogens is 745 g/mol. The van der Waals surface area contributed by atoms with Gasteiger partial charge in [-0.15, -0.1) is 6.58 Å². The van der Waals surface area contributed by atoms with Gasteiger partial charge in [-0.3, -0.25) is 0 Å². The van der Waals surface area contributed by atoms with Crippen molar-refractivity contribution >= 4 is 0 Å². The van der Waals surface area contributed by atoms with Gasteiger partial charge in [-0.05, 0) is 127 Å². The first-order valence-corrected chi connectivity index (χ1v) is 22.4. The van der Waals surface area contributed by atoms with Crippen LogP contribution in [0.5, 0.6) is 0 Å². The molecule has 2 fully saturated rings. The molecule has 2 saturated carbocycles. The Morgan fingerprint density at radius 3 is 0.806 bits per heavy atom. The summed E-state index contributed by atoms with van der Waals surface area (Å²) >= 11 is 0. The zero-order chi connectivity index (χ0) is 42.6. The Labute approximate surface area is 370 Å². The van der Waals surface area contributed by atoms with Crippen LogP contribution in [0.1, 0.15) is 75.1 Å². The summed E-state index contributed by atoms with van der Waals surface area (Å²) in [5.74, 6) is 0. The summed E-state index contributed by atoms with van der Waals surface area (Å²) in [6.07, 6.45) is 7.16. The van der Waals surface area contributed by atoms with Crippen LogP contribution in [0.25, 0.3) is 44.5 Å². The van der Waals surface area contributed by atoms with Crippen LogP contribution in [0.2, 0.25) is 0 Å². The van der Waals surface area contributed by atoms with Crippen molar-refractivity contribution < 1.29 is 0 Å². The molecule has 0 nitrogen and oxygen atoms in total. The van der Waals surface area contributed by atoms with Crippen LogP contribution in [0.15, 0.2) is 231 Å². The van der Waals surface area contributed by atoms with Crippen molar-refractivity contribution in [2.75, 3.05) is 0 Å². The van der Waals surface area contributed by atoms with Gasteiger partial charge in [0, 0.05) is 0 Å². The van der Waals surface area contributed by atoms with E-state index in [-0.39, 0.29) is 21.7 Å². The van der Waals surface area contributed by atoms with E-state index in [1.54, 1.807) is 6.08 Å². The van der Waals surface area contributed by atoms with Crippen molar-refractivity contribution in [3.8, 4) is 44.5 Å². The Hall–Kier alpha value is -6.50. The number of allylic oxidation sites excluding steroid dienone is 1. The number of fused-ring (bicyclic) bond motifs is 2. The predicted octanol–water partition coefficient (Wildman–Crippen LogP) is 16.6. The lowest BCUT2D eigenvalue weighted by atomic mass is 9.40. The Morgan fingerprint density at radius 2 is 0.532 bits per heavy atom. The maximum absolute atomic E-state index is 3.36. The fourth-order valence-electron chi connectivity index (χ4n) is 11.9. The zero-order valence-electron chi connectivity index (χ0n) is 36.6. The molecule has 2 aliphatic carbocycles. The molecule has 2 bridgehead atoms. The first-order chi connectivity index (χ1) is 30.2. The van der Waals surface area contributed by atoms with E-state index in [9.17, 15) is 0 Å². The maximum Gasteiger partial charge on any atom is -0.00215 e. The summed E-state index contributed by atoms with van der Waals surface area (Å²) in [5, 5.41) is 0. The molecule has 2 aliphatic rings. The molecule has 8 aromatic carbocycles. The molecule has 8 aromatic rings. The summed E-state index contributed by atoms with van der Waals surface area (Å²) in [6.45, 7) is 10.4. The van der Waals surface area contributed by atoms with Crippen LogP contribution in [0.3, 0.4) is 0 Å². The van der Waals surface area contributed by atoms with Gasteiger partial charge in [0.05, 0.1) is 0 Å². The monoisotopic (exact) mass is 802 g/mol. The van der Waals surface area contributed by atoms with E-state index < -0.39 is 0 Å². The summed E-state index contributed by atoms with van der Waals surface area (Å²) in [5.41, 5.74) is 15.7. The highest BCUT2D eigenvalue weighted by molar-refractivity contribution is 5.69. The number of hydrogen-bond acceptors (Lipinski definition) is 0. The highest BCUT2D eigenvalue weighted by Gasteiger charge is 2.61. The lowest BCUT2D eigenvalue weighted by Gasteiger charge is -2.64. The third-order valence-corrected chi connectivity index (χ3v) is 14.1. The first-order valence-electron chi connectivity index (χ1n) is 22.4. The lowest BCUT2D eigenvalue weighted by Crippen LogP contribution is -2.59. The summed E-state index contributed by atoms with van der Waals surface area (Å²) in [6, 6.07) is 82.2. The second-order valence-electron chi connectivity index (χ2n) is 18.8. The molecule has 0 aliphatic heterocycles. The van der Waals surface area contributed by atoms with E-state index in [1.165, 1.54) is 66.8 Å². The van der Waals surface area contributed by atoms with Crippen molar-refractivity contribution in [2.24, 2.45) is 0 Å². The van der Waals surface area contributed by atoms with Gasteiger partial charge in [0.1, 0.15) is 0 Å². The van der Waals surface area contributed by atoms with E-state index in [0.717, 1.165) is 32.1 Å². The lowest BCUT2D eigenvalue weighted by molar-refractivity contribution is 0.0167. The Kier molecular flexibility index (Phi) is 11.3. The zero-order valence-corrected chi connectivity index (χ0v) is 36.6. The molecule has 0 unspecified atom stereocenters. The van der Waals surface area contributed by atoms with Gasteiger partial charge in [0.15, 0.2) is 0 Å². The molecule has 0 amide bonds. The first kappa shape index (κ1) is 40.9. The normalized spacial score (nSPS) is 22.8. The van der Waals surface area contributed by atoms with E-state index in [0.29, 0.717) is 0 Å².